The number of benzene rings is 2. The molecule has 1 N–H and O–H groups in total. The number of ether oxygens (including phenoxy) is 1. The van der Waals surface area contributed by atoms with E-state index in [1.807, 2.05) is 12.1 Å². The molecule has 0 aliphatic heterocycles. The molecular weight excluding hydrogens is 236 g/mol. The van der Waals surface area contributed by atoms with Crippen LogP contribution in [-0.4, -0.2) is 7.11 Å². The van der Waals surface area contributed by atoms with Gasteiger partial charge in [-0.25, -0.2) is 8.78 Å². The molecule has 2 nitrogen and oxygen atoms in total. The Balaban J connectivity index is 2.16. The minimum absolute atomic E-state index is 0.0170. The van der Waals surface area contributed by atoms with E-state index in [0.29, 0.717) is 11.4 Å². The van der Waals surface area contributed by atoms with E-state index in [-0.39, 0.29) is 12.1 Å². The molecule has 0 fully saturated rings. The highest BCUT2D eigenvalue weighted by atomic mass is 19.1. The quantitative estimate of drug-likeness (QED) is 0.894. The van der Waals surface area contributed by atoms with Gasteiger partial charge in [-0.3, -0.25) is 0 Å². The Morgan fingerprint density at radius 1 is 1.00 bits per heavy atom. The molecule has 2 rings (SSSR count). The van der Waals surface area contributed by atoms with E-state index in [9.17, 15) is 8.78 Å². The van der Waals surface area contributed by atoms with Crippen LogP contribution in [0.5, 0.6) is 5.75 Å². The molecule has 2 aromatic rings. The van der Waals surface area contributed by atoms with Crippen LogP contribution < -0.4 is 10.1 Å². The summed E-state index contributed by atoms with van der Waals surface area (Å²) in [4.78, 5) is 0. The summed E-state index contributed by atoms with van der Waals surface area (Å²) in [6, 6.07) is 11.0. The van der Waals surface area contributed by atoms with Crippen molar-refractivity contribution in [1.82, 2.24) is 0 Å². The second-order valence-electron chi connectivity index (χ2n) is 3.75. The largest absolute Gasteiger partial charge is 0.495 e. The topological polar surface area (TPSA) is 21.3 Å². The molecule has 0 saturated heterocycles. The van der Waals surface area contributed by atoms with Gasteiger partial charge < -0.3 is 10.1 Å². The van der Waals surface area contributed by atoms with Crippen LogP contribution in [0.2, 0.25) is 0 Å². The molecule has 0 saturated carbocycles. The average molecular weight is 249 g/mol. The summed E-state index contributed by atoms with van der Waals surface area (Å²) in [6.07, 6.45) is 0. The predicted octanol–water partition coefficient (Wildman–Crippen LogP) is 3.59. The predicted molar refractivity (Wildman–Crippen MR) is 66.7 cm³/mol. The summed E-state index contributed by atoms with van der Waals surface area (Å²) in [7, 11) is 1.55. The maximum atomic E-state index is 13.4. The number of halogens is 2. The highest BCUT2D eigenvalue weighted by Crippen LogP contribution is 2.24. The second kappa shape index (κ2) is 5.49. The van der Waals surface area contributed by atoms with Crippen molar-refractivity contribution in [3.05, 3.63) is 59.7 Å². The molecule has 0 radical (unpaired) electrons. The number of methoxy groups -OCH3 is 1. The maximum Gasteiger partial charge on any atom is 0.141 e. The van der Waals surface area contributed by atoms with Gasteiger partial charge in [0.1, 0.15) is 17.4 Å². The summed E-state index contributed by atoms with van der Waals surface area (Å²) in [5, 5.41) is 2.96. The summed E-state index contributed by atoms with van der Waals surface area (Å²) in [5.41, 5.74) is 0.714. The Labute approximate surface area is 104 Å². The first-order valence-corrected chi connectivity index (χ1v) is 5.52. The van der Waals surface area contributed by atoms with E-state index < -0.39 is 11.6 Å². The minimum atomic E-state index is -0.558. The highest BCUT2D eigenvalue weighted by Gasteiger charge is 2.09. The lowest BCUT2D eigenvalue weighted by Gasteiger charge is -2.11. The molecule has 2 aromatic carbocycles. The molecule has 18 heavy (non-hydrogen) atoms. The molecule has 4 heteroatoms. The first-order valence-electron chi connectivity index (χ1n) is 5.52. The van der Waals surface area contributed by atoms with Gasteiger partial charge >= 0.3 is 0 Å². The smallest absolute Gasteiger partial charge is 0.141 e. The Morgan fingerprint density at radius 2 is 1.67 bits per heavy atom. The number of nitrogens with one attached hydrogen (secondary N) is 1. The van der Waals surface area contributed by atoms with Gasteiger partial charge in [0, 0.05) is 12.1 Å². The number of hydrogen-bond acceptors (Lipinski definition) is 2. The van der Waals surface area contributed by atoms with Crippen molar-refractivity contribution in [3.8, 4) is 5.75 Å². The van der Waals surface area contributed by atoms with Crippen LogP contribution in [0.3, 0.4) is 0 Å². The third-order valence-electron chi connectivity index (χ3n) is 2.62. The normalized spacial score (nSPS) is 10.2. The van der Waals surface area contributed by atoms with Crippen molar-refractivity contribution in [1.29, 1.82) is 0 Å². The van der Waals surface area contributed by atoms with Crippen LogP contribution in [0.25, 0.3) is 0 Å². The average Bonchev–Trinajstić information content (AvgIpc) is 2.38. The van der Waals surface area contributed by atoms with Crippen molar-refractivity contribution in [2.24, 2.45) is 0 Å². The van der Waals surface area contributed by atoms with Gasteiger partial charge in [0.25, 0.3) is 0 Å². The molecule has 0 unspecified atom stereocenters. The van der Waals surface area contributed by atoms with Crippen molar-refractivity contribution in [2.45, 2.75) is 6.54 Å². The van der Waals surface area contributed by atoms with Crippen molar-refractivity contribution in [3.63, 3.8) is 0 Å². The summed E-state index contributed by atoms with van der Waals surface area (Å²) in [6.45, 7) is 0.0683. The van der Waals surface area contributed by atoms with Crippen molar-refractivity contribution < 1.29 is 13.5 Å². The lowest BCUT2D eigenvalue weighted by Crippen LogP contribution is -2.05. The molecular formula is C14H13F2NO. The van der Waals surface area contributed by atoms with Gasteiger partial charge in [0.15, 0.2) is 0 Å². The fourth-order valence-electron chi connectivity index (χ4n) is 1.68. The molecule has 0 aliphatic rings. The number of para-hydroxylation sites is 2. The summed E-state index contributed by atoms with van der Waals surface area (Å²) in [5.74, 6) is -0.482. The zero-order valence-electron chi connectivity index (χ0n) is 9.91. The molecule has 0 atom stereocenters. The molecule has 0 bridgehead atoms. The van der Waals surface area contributed by atoms with Gasteiger partial charge in [-0.15, -0.1) is 0 Å². The Morgan fingerprint density at radius 3 is 2.33 bits per heavy atom. The fraction of sp³-hybridized carbons (Fsp3) is 0.143. The Hall–Kier alpha value is -2.10. The minimum Gasteiger partial charge on any atom is -0.495 e. The third kappa shape index (κ3) is 2.59. The van der Waals surface area contributed by atoms with Crippen LogP contribution in [0.1, 0.15) is 5.56 Å². The van der Waals surface area contributed by atoms with Crippen LogP contribution >= 0.6 is 0 Å². The molecule has 0 aromatic heterocycles. The van der Waals surface area contributed by atoms with E-state index >= 15 is 0 Å². The van der Waals surface area contributed by atoms with E-state index in [1.54, 1.807) is 19.2 Å². The van der Waals surface area contributed by atoms with E-state index in [4.69, 9.17) is 4.74 Å². The summed E-state index contributed by atoms with van der Waals surface area (Å²) >= 11 is 0. The second-order valence-corrected chi connectivity index (χ2v) is 3.75. The van der Waals surface area contributed by atoms with Gasteiger partial charge in [-0.05, 0) is 24.3 Å². The molecule has 0 aliphatic carbocycles. The van der Waals surface area contributed by atoms with E-state index in [1.165, 1.54) is 18.2 Å². The van der Waals surface area contributed by atoms with Gasteiger partial charge in [-0.2, -0.15) is 0 Å². The van der Waals surface area contributed by atoms with Crippen LogP contribution in [0, 0.1) is 11.6 Å². The lowest BCUT2D eigenvalue weighted by atomic mass is 10.2. The standard InChI is InChI=1S/C14H13F2NO/c1-18-14-8-3-2-7-13(14)17-9-10-11(15)5-4-6-12(10)16/h2-8,17H,9H2,1H3. The fourth-order valence-corrected chi connectivity index (χ4v) is 1.68. The zero-order chi connectivity index (χ0) is 13.0. The number of anilines is 1. The SMILES string of the molecule is COc1ccccc1NCc1c(F)cccc1F. The lowest BCUT2D eigenvalue weighted by molar-refractivity contribution is 0.416. The van der Waals surface area contributed by atoms with Crippen LogP contribution in [-0.2, 0) is 6.54 Å². The Kier molecular flexibility index (Phi) is 3.77. The first-order chi connectivity index (χ1) is 8.72. The molecule has 0 heterocycles. The van der Waals surface area contributed by atoms with Crippen LogP contribution in [0.15, 0.2) is 42.5 Å². The maximum absolute atomic E-state index is 13.4. The van der Waals surface area contributed by atoms with Gasteiger partial charge in [0.2, 0.25) is 0 Å². The zero-order valence-corrected chi connectivity index (χ0v) is 9.91. The van der Waals surface area contributed by atoms with E-state index in [2.05, 4.69) is 5.32 Å². The number of hydrogen-bond donors (Lipinski definition) is 1. The van der Waals surface area contributed by atoms with Crippen LogP contribution in [0.4, 0.5) is 14.5 Å². The molecule has 94 valence electrons. The third-order valence-corrected chi connectivity index (χ3v) is 2.62. The highest BCUT2D eigenvalue weighted by molar-refractivity contribution is 5.56. The first kappa shape index (κ1) is 12.4. The molecule has 0 spiro atoms. The van der Waals surface area contributed by atoms with Gasteiger partial charge in [-0.1, -0.05) is 18.2 Å². The monoisotopic (exact) mass is 249 g/mol. The van der Waals surface area contributed by atoms with Crippen molar-refractivity contribution >= 4 is 5.69 Å². The van der Waals surface area contributed by atoms with E-state index in [0.717, 1.165) is 0 Å². The van der Waals surface area contributed by atoms with Crippen molar-refractivity contribution in [2.75, 3.05) is 12.4 Å². The Bertz CT molecular complexity index is 523. The molecule has 0 amide bonds. The van der Waals surface area contributed by atoms with Gasteiger partial charge in [0.05, 0.1) is 12.8 Å². The number of rotatable bonds is 4. The summed E-state index contributed by atoms with van der Waals surface area (Å²) < 4.78 is 32.0.